The molecule has 0 aromatic rings. The second-order valence-electron chi connectivity index (χ2n) is 4.43. The molecule has 0 rings (SSSR count). The molecule has 110 valence electrons. The molecule has 0 radical (unpaired) electrons. The maximum absolute atomic E-state index is 11.5. The molecular formula is C13H25N3O2S. The molecule has 0 aliphatic carbocycles. The molecule has 0 aromatic heterocycles. The van der Waals surface area contributed by atoms with Crippen LogP contribution in [0.5, 0.6) is 0 Å². The van der Waals surface area contributed by atoms with Crippen molar-refractivity contribution in [3.8, 4) is 0 Å². The summed E-state index contributed by atoms with van der Waals surface area (Å²) >= 11 is 0. The molecule has 0 fully saturated rings. The first-order valence-electron chi connectivity index (χ1n) is 6.53. The van der Waals surface area contributed by atoms with Gasteiger partial charge in [-0.25, -0.2) is 8.42 Å². The van der Waals surface area contributed by atoms with Gasteiger partial charge < -0.3 is 5.73 Å². The van der Waals surface area contributed by atoms with Gasteiger partial charge in [-0.15, -0.1) is 0 Å². The van der Waals surface area contributed by atoms with Crippen LogP contribution >= 0.6 is 0 Å². The van der Waals surface area contributed by atoms with Crippen molar-refractivity contribution in [3.05, 3.63) is 11.0 Å². The zero-order valence-corrected chi connectivity index (χ0v) is 13.1. The average Bonchev–Trinajstić information content (AvgIpc) is 2.32. The van der Waals surface area contributed by atoms with Gasteiger partial charge in [-0.1, -0.05) is 19.9 Å². The predicted molar refractivity (Wildman–Crippen MR) is 82.6 cm³/mol. The van der Waals surface area contributed by atoms with Crippen molar-refractivity contribution in [1.82, 2.24) is 0 Å². The number of rotatable bonds is 8. The molecule has 6 heteroatoms. The quantitative estimate of drug-likeness (QED) is 0.547. The second-order valence-corrected chi connectivity index (χ2v) is 6.45. The van der Waals surface area contributed by atoms with E-state index < -0.39 is 9.84 Å². The molecule has 19 heavy (non-hydrogen) atoms. The summed E-state index contributed by atoms with van der Waals surface area (Å²) in [7, 11) is -3.20. The fourth-order valence-corrected chi connectivity index (χ4v) is 2.00. The Morgan fingerprint density at radius 3 is 2.47 bits per heavy atom. The molecule has 0 aliphatic heterocycles. The first-order chi connectivity index (χ1) is 8.81. The van der Waals surface area contributed by atoms with Crippen molar-refractivity contribution < 1.29 is 8.42 Å². The largest absolute Gasteiger partial charge is 0.387 e. The average molecular weight is 287 g/mol. The number of allylic oxidation sites excluding steroid dienone is 2. The Morgan fingerprint density at radius 2 is 2.00 bits per heavy atom. The number of hydrogen-bond donors (Lipinski definition) is 1. The molecule has 2 N–H and O–H groups in total. The third-order valence-corrected chi connectivity index (χ3v) is 3.64. The fraction of sp³-hybridized carbons (Fsp3) is 0.692. The number of amidine groups is 1. The van der Waals surface area contributed by atoms with Gasteiger partial charge in [0.05, 0.1) is 10.7 Å². The van der Waals surface area contributed by atoms with Gasteiger partial charge in [0.2, 0.25) is 0 Å². The molecular weight excluding hydrogens is 262 g/mol. The minimum atomic E-state index is -3.20. The molecule has 5 nitrogen and oxygen atoms in total. The SMILES string of the molecule is CC/C=C(\C=NC(C)CCN=C(N)CC)S(C)(=O)=O. The zero-order chi connectivity index (χ0) is 14.9. The van der Waals surface area contributed by atoms with E-state index in [1.807, 2.05) is 20.8 Å². The van der Waals surface area contributed by atoms with E-state index in [2.05, 4.69) is 9.98 Å². The molecule has 1 atom stereocenters. The van der Waals surface area contributed by atoms with Crippen molar-refractivity contribution >= 4 is 21.9 Å². The Kier molecular flexibility index (Phi) is 8.30. The van der Waals surface area contributed by atoms with Crippen LogP contribution in [0.2, 0.25) is 0 Å². The van der Waals surface area contributed by atoms with Crippen molar-refractivity contribution in [3.63, 3.8) is 0 Å². The summed E-state index contributed by atoms with van der Waals surface area (Å²) in [5.41, 5.74) is 5.60. The summed E-state index contributed by atoms with van der Waals surface area (Å²) in [5, 5.41) is 0. The fourth-order valence-electron chi connectivity index (χ4n) is 1.28. The Hall–Kier alpha value is -1.17. The minimum absolute atomic E-state index is 0.0235. The molecule has 0 aliphatic rings. The summed E-state index contributed by atoms with van der Waals surface area (Å²) in [4.78, 5) is 8.71. The van der Waals surface area contributed by atoms with Crippen LogP contribution in [0, 0.1) is 0 Å². The van der Waals surface area contributed by atoms with Crippen LogP contribution in [0.25, 0.3) is 0 Å². The molecule has 0 amide bonds. The Balaban J connectivity index is 4.50. The van der Waals surface area contributed by atoms with Gasteiger partial charge in [0.1, 0.15) is 0 Å². The monoisotopic (exact) mass is 287 g/mol. The third-order valence-electron chi connectivity index (χ3n) is 2.51. The number of hydrogen-bond acceptors (Lipinski definition) is 4. The van der Waals surface area contributed by atoms with E-state index >= 15 is 0 Å². The Bertz CT molecular complexity index is 451. The summed E-state index contributed by atoms with van der Waals surface area (Å²) < 4.78 is 23.0. The highest BCUT2D eigenvalue weighted by Gasteiger charge is 2.08. The van der Waals surface area contributed by atoms with E-state index in [9.17, 15) is 8.42 Å². The van der Waals surface area contributed by atoms with Crippen molar-refractivity contribution in [2.45, 2.75) is 46.1 Å². The Labute approximate surface area is 116 Å². The third kappa shape index (κ3) is 8.53. The first-order valence-corrected chi connectivity index (χ1v) is 8.42. The van der Waals surface area contributed by atoms with Gasteiger partial charge in [-0.05, 0) is 19.8 Å². The smallest absolute Gasteiger partial charge is 0.176 e. The number of aliphatic imine (C=N–C) groups is 2. The van der Waals surface area contributed by atoms with E-state index in [1.165, 1.54) is 12.5 Å². The molecule has 0 spiro atoms. The van der Waals surface area contributed by atoms with Crippen molar-refractivity contribution in [2.75, 3.05) is 12.8 Å². The lowest BCUT2D eigenvalue weighted by molar-refractivity contribution is 0.609. The first kappa shape index (κ1) is 17.8. The lowest BCUT2D eigenvalue weighted by Gasteiger charge is -2.05. The standard InChI is InChI=1S/C13H25N3O2S/c1-5-7-12(19(4,17)18)10-16-11(3)8-9-15-13(14)6-2/h7,10-11H,5-6,8-9H2,1-4H3,(H2,14,15)/b12-7+,16-10?. The van der Waals surface area contributed by atoms with Crippen LogP contribution in [0.15, 0.2) is 21.0 Å². The summed E-state index contributed by atoms with van der Waals surface area (Å²) in [6.45, 7) is 6.39. The summed E-state index contributed by atoms with van der Waals surface area (Å²) in [5.74, 6) is 0.638. The van der Waals surface area contributed by atoms with Gasteiger partial charge >= 0.3 is 0 Å². The zero-order valence-electron chi connectivity index (χ0n) is 12.3. The van der Waals surface area contributed by atoms with Gasteiger partial charge in [-0.3, -0.25) is 9.98 Å². The van der Waals surface area contributed by atoms with Crippen LogP contribution in [-0.2, 0) is 9.84 Å². The summed E-state index contributed by atoms with van der Waals surface area (Å²) in [6, 6.07) is 0.0235. The molecule has 0 heterocycles. The van der Waals surface area contributed by atoms with E-state index in [-0.39, 0.29) is 10.9 Å². The van der Waals surface area contributed by atoms with Gasteiger partial charge in [0, 0.05) is 31.5 Å². The second kappa shape index (κ2) is 8.85. The Morgan fingerprint density at radius 1 is 1.37 bits per heavy atom. The van der Waals surface area contributed by atoms with Crippen LogP contribution in [0.3, 0.4) is 0 Å². The van der Waals surface area contributed by atoms with E-state index in [4.69, 9.17) is 5.73 Å². The number of nitrogens with zero attached hydrogens (tertiary/aromatic N) is 2. The highest BCUT2D eigenvalue weighted by atomic mass is 32.2. The topological polar surface area (TPSA) is 84.9 Å². The van der Waals surface area contributed by atoms with Crippen LogP contribution < -0.4 is 5.73 Å². The number of sulfone groups is 1. The van der Waals surface area contributed by atoms with E-state index in [1.54, 1.807) is 6.08 Å². The molecule has 0 saturated carbocycles. The van der Waals surface area contributed by atoms with E-state index in [0.29, 0.717) is 18.8 Å². The summed E-state index contributed by atoms with van der Waals surface area (Å²) in [6.07, 6.45) is 6.46. The highest BCUT2D eigenvalue weighted by Crippen LogP contribution is 2.05. The van der Waals surface area contributed by atoms with Gasteiger partial charge in [0.15, 0.2) is 9.84 Å². The predicted octanol–water partition coefficient (Wildman–Crippen LogP) is 1.94. The minimum Gasteiger partial charge on any atom is -0.387 e. The molecule has 0 aromatic carbocycles. The lowest BCUT2D eigenvalue weighted by atomic mass is 10.2. The van der Waals surface area contributed by atoms with Crippen LogP contribution in [0.1, 0.15) is 40.0 Å². The molecule has 0 bridgehead atoms. The molecule has 1 unspecified atom stereocenters. The highest BCUT2D eigenvalue weighted by molar-refractivity contribution is 7.95. The van der Waals surface area contributed by atoms with Gasteiger partial charge in [-0.2, -0.15) is 0 Å². The van der Waals surface area contributed by atoms with E-state index in [0.717, 1.165) is 12.8 Å². The van der Waals surface area contributed by atoms with Gasteiger partial charge in [0.25, 0.3) is 0 Å². The maximum Gasteiger partial charge on any atom is 0.176 e. The van der Waals surface area contributed by atoms with Crippen LogP contribution in [-0.4, -0.2) is 39.3 Å². The lowest BCUT2D eigenvalue weighted by Crippen LogP contribution is -2.12. The number of nitrogens with two attached hydrogens (primary N) is 1. The van der Waals surface area contributed by atoms with Crippen LogP contribution in [0.4, 0.5) is 0 Å². The normalized spacial score (nSPS) is 16.0. The van der Waals surface area contributed by atoms with Crippen molar-refractivity contribution in [2.24, 2.45) is 15.7 Å². The molecule has 0 saturated heterocycles. The maximum atomic E-state index is 11.5. The van der Waals surface area contributed by atoms with Crippen molar-refractivity contribution in [1.29, 1.82) is 0 Å².